The van der Waals surface area contributed by atoms with Crippen molar-refractivity contribution in [3.63, 3.8) is 0 Å². The zero-order chi connectivity index (χ0) is 14.5. The van der Waals surface area contributed by atoms with E-state index in [1.54, 1.807) is 7.11 Å². The monoisotopic (exact) mass is 285 g/mol. The van der Waals surface area contributed by atoms with Crippen molar-refractivity contribution < 1.29 is 14.2 Å². The fourth-order valence-electron chi connectivity index (χ4n) is 1.65. The van der Waals surface area contributed by atoms with Crippen LogP contribution in [-0.4, -0.2) is 56.2 Å². The maximum Gasteiger partial charge on any atom is 0.0950 e. The van der Waals surface area contributed by atoms with E-state index in [0.717, 1.165) is 31.7 Å². The van der Waals surface area contributed by atoms with Crippen LogP contribution in [0.4, 0.5) is 0 Å². The van der Waals surface area contributed by atoms with Crippen molar-refractivity contribution in [2.45, 2.75) is 26.4 Å². The lowest BCUT2D eigenvalue weighted by Crippen LogP contribution is -2.14. The molecule has 1 aromatic heterocycles. The summed E-state index contributed by atoms with van der Waals surface area (Å²) in [7, 11) is 1.66. The topological polar surface area (TPSA) is 57.5 Å². The number of hydrogen-bond acceptors (Lipinski definition) is 5. The molecule has 0 fully saturated rings. The van der Waals surface area contributed by atoms with Crippen LogP contribution in [0.15, 0.2) is 12.5 Å². The van der Waals surface area contributed by atoms with Crippen LogP contribution in [0.3, 0.4) is 0 Å². The van der Waals surface area contributed by atoms with Crippen molar-refractivity contribution in [3.05, 3.63) is 18.2 Å². The van der Waals surface area contributed by atoms with Gasteiger partial charge in [-0.1, -0.05) is 6.92 Å². The van der Waals surface area contributed by atoms with Crippen molar-refractivity contribution in [3.8, 4) is 0 Å². The van der Waals surface area contributed by atoms with Crippen molar-refractivity contribution in [2.75, 3.05) is 46.7 Å². The Morgan fingerprint density at radius 2 is 1.90 bits per heavy atom. The molecule has 6 heteroatoms. The number of nitrogens with zero attached hydrogens (tertiary/aromatic N) is 2. The summed E-state index contributed by atoms with van der Waals surface area (Å²) in [5, 5.41) is 3.33. The molecular formula is C14H27N3O3. The molecule has 0 aromatic carbocycles. The Morgan fingerprint density at radius 3 is 2.65 bits per heavy atom. The van der Waals surface area contributed by atoms with E-state index in [0.29, 0.717) is 33.0 Å². The van der Waals surface area contributed by atoms with Crippen molar-refractivity contribution in [1.82, 2.24) is 14.9 Å². The molecule has 0 aliphatic heterocycles. The molecule has 0 radical (unpaired) electrons. The highest BCUT2D eigenvalue weighted by Crippen LogP contribution is 1.96. The molecule has 1 heterocycles. The largest absolute Gasteiger partial charge is 0.382 e. The average molecular weight is 285 g/mol. The lowest BCUT2D eigenvalue weighted by Gasteiger charge is -2.06. The zero-order valence-corrected chi connectivity index (χ0v) is 12.6. The number of rotatable bonds is 13. The standard InChI is InChI=1S/C14H27N3O3/c1-3-4-15-11-14-12-17(13-16-14)5-6-19-9-10-20-8-7-18-2/h12-13,15H,3-11H2,1-2H3. The lowest BCUT2D eigenvalue weighted by atomic mass is 10.4. The second kappa shape index (κ2) is 11.8. The number of aromatic nitrogens is 2. The van der Waals surface area contributed by atoms with E-state index in [2.05, 4.69) is 28.0 Å². The van der Waals surface area contributed by atoms with Crippen molar-refractivity contribution >= 4 is 0 Å². The van der Waals surface area contributed by atoms with Crippen molar-refractivity contribution in [1.29, 1.82) is 0 Å². The number of methoxy groups -OCH3 is 1. The molecule has 0 spiro atoms. The highest BCUT2D eigenvalue weighted by Gasteiger charge is 1.98. The van der Waals surface area contributed by atoms with Gasteiger partial charge in [0.1, 0.15) is 0 Å². The zero-order valence-electron chi connectivity index (χ0n) is 12.6. The van der Waals surface area contributed by atoms with E-state index < -0.39 is 0 Å². The summed E-state index contributed by atoms with van der Waals surface area (Å²) in [6, 6.07) is 0. The summed E-state index contributed by atoms with van der Waals surface area (Å²) in [4.78, 5) is 4.34. The predicted molar refractivity (Wildman–Crippen MR) is 77.7 cm³/mol. The van der Waals surface area contributed by atoms with Gasteiger partial charge in [0, 0.05) is 26.4 Å². The molecule has 20 heavy (non-hydrogen) atoms. The van der Waals surface area contributed by atoms with Gasteiger partial charge in [0.15, 0.2) is 0 Å². The molecule has 0 aliphatic rings. The van der Waals surface area contributed by atoms with Crippen LogP contribution in [0, 0.1) is 0 Å². The Hall–Kier alpha value is -0.950. The first-order chi connectivity index (χ1) is 9.86. The first kappa shape index (κ1) is 17.1. The van der Waals surface area contributed by atoms with E-state index in [-0.39, 0.29) is 0 Å². The molecule has 0 atom stereocenters. The summed E-state index contributed by atoms with van der Waals surface area (Å²) in [6.45, 7) is 7.98. The highest BCUT2D eigenvalue weighted by molar-refractivity contribution is 4.95. The third-order valence-corrected chi connectivity index (χ3v) is 2.72. The molecule has 0 amide bonds. The number of imidazole rings is 1. The Kier molecular flexibility index (Phi) is 10.1. The Morgan fingerprint density at radius 1 is 1.15 bits per heavy atom. The van der Waals surface area contributed by atoms with Crippen LogP contribution < -0.4 is 5.32 Å². The molecule has 0 aliphatic carbocycles. The summed E-state index contributed by atoms with van der Waals surface area (Å²) in [6.07, 6.45) is 5.05. The van der Waals surface area contributed by atoms with Gasteiger partial charge in [0.25, 0.3) is 0 Å². The molecule has 0 bridgehead atoms. The molecule has 116 valence electrons. The molecule has 0 saturated heterocycles. The minimum absolute atomic E-state index is 0.611. The number of nitrogens with one attached hydrogen (secondary N) is 1. The van der Waals surface area contributed by atoms with E-state index >= 15 is 0 Å². The van der Waals surface area contributed by atoms with Gasteiger partial charge in [-0.25, -0.2) is 4.98 Å². The van der Waals surface area contributed by atoms with Gasteiger partial charge in [0.05, 0.1) is 45.1 Å². The predicted octanol–water partition coefficient (Wildman–Crippen LogP) is 1.06. The molecule has 1 aromatic rings. The fourth-order valence-corrected chi connectivity index (χ4v) is 1.65. The Bertz CT molecular complexity index is 331. The van der Waals surface area contributed by atoms with Gasteiger partial charge in [-0.05, 0) is 13.0 Å². The third-order valence-electron chi connectivity index (χ3n) is 2.72. The average Bonchev–Trinajstić information content (AvgIpc) is 2.90. The van der Waals surface area contributed by atoms with Crippen LogP contribution in [0.25, 0.3) is 0 Å². The van der Waals surface area contributed by atoms with Crippen LogP contribution in [0.1, 0.15) is 19.0 Å². The second-order valence-electron chi connectivity index (χ2n) is 4.50. The smallest absolute Gasteiger partial charge is 0.0950 e. The maximum absolute atomic E-state index is 5.50. The molecule has 1 rings (SSSR count). The minimum atomic E-state index is 0.611. The van der Waals surface area contributed by atoms with Crippen molar-refractivity contribution in [2.24, 2.45) is 0 Å². The van der Waals surface area contributed by atoms with E-state index in [9.17, 15) is 0 Å². The van der Waals surface area contributed by atoms with Gasteiger partial charge in [0.2, 0.25) is 0 Å². The molecule has 1 N–H and O–H groups in total. The second-order valence-corrected chi connectivity index (χ2v) is 4.50. The first-order valence-corrected chi connectivity index (χ1v) is 7.22. The highest BCUT2D eigenvalue weighted by atomic mass is 16.5. The first-order valence-electron chi connectivity index (χ1n) is 7.22. The quantitative estimate of drug-likeness (QED) is 0.549. The fraction of sp³-hybridized carbons (Fsp3) is 0.786. The minimum Gasteiger partial charge on any atom is -0.382 e. The molecule has 0 unspecified atom stereocenters. The van der Waals surface area contributed by atoms with Crippen LogP contribution in [0.5, 0.6) is 0 Å². The summed E-state index contributed by atoms with van der Waals surface area (Å²) in [5.41, 5.74) is 1.07. The molecular weight excluding hydrogens is 258 g/mol. The van der Waals surface area contributed by atoms with Gasteiger partial charge in [-0.2, -0.15) is 0 Å². The van der Waals surface area contributed by atoms with E-state index in [4.69, 9.17) is 14.2 Å². The Labute approximate surface area is 121 Å². The SMILES string of the molecule is CCCNCc1cn(CCOCCOCCOC)cn1. The van der Waals surface area contributed by atoms with E-state index in [1.165, 1.54) is 0 Å². The number of ether oxygens (including phenoxy) is 3. The molecule has 6 nitrogen and oxygen atoms in total. The third kappa shape index (κ3) is 8.27. The van der Waals surface area contributed by atoms with Gasteiger partial charge in [-0.15, -0.1) is 0 Å². The van der Waals surface area contributed by atoms with Gasteiger partial charge in [-0.3, -0.25) is 0 Å². The number of hydrogen-bond donors (Lipinski definition) is 1. The van der Waals surface area contributed by atoms with Gasteiger partial charge >= 0.3 is 0 Å². The normalized spacial score (nSPS) is 11.1. The summed E-state index contributed by atoms with van der Waals surface area (Å²) < 4.78 is 17.7. The maximum atomic E-state index is 5.50. The summed E-state index contributed by atoms with van der Waals surface area (Å²) in [5.74, 6) is 0. The lowest BCUT2D eigenvalue weighted by molar-refractivity contribution is 0.0230. The molecule has 0 saturated carbocycles. The summed E-state index contributed by atoms with van der Waals surface area (Å²) >= 11 is 0. The Balaban J connectivity index is 1.99. The van der Waals surface area contributed by atoms with Crippen LogP contribution in [0.2, 0.25) is 0 Å². The van der Waals surface area contributed by atoms with Gasteiger partial charge < -0.3 is 24.1 Å². The van der Waals surface area contributed by atoms with E-state index in [1.807, 2.05) is 6.33 Å². The van der Waals surface area contributed by atoms with Crippen LogP contribution >= 0.6 is 0 Å². The van der Waals surface area contributed by atoms with Crippen LogP contribution in [-0.2, 0) is 27.3 Å².